The van der Waals surface area contributed by atoms with Gasteiger partial charge in [0.15, 0.2) is 0 Å². The van der Waals surface area contributed by atoms with Crippen molar-refractivity contribution in [2.75, 3.05) is 6.61 Å². The van der Waals surface area contributed by atoms with Crippen molar-refractivity contribution in [3.8, 4) is 5.75 Å². The van der Waals surface area contributed by atoms with Crippen molar-refractivity contribution < 1.29 is 14.6 Å². The van der Waals surface area contributed by atoms with Crippen molar-refractivity contribution in [3.63, 3.8) is 0 Å². The lowest BCUT2D eigenvalue weighted by Crippen LogP contribution is -1.97. The maximum absolute atomic E-state index is 11.1. The third-order valence-corrected chi connectivity index (χ3v) is 3.31. The van der Waals surface area contributed by atoms with Crippen LogP contribution in [0.2, 0.25) is 5.02 Å². The van der Waals surface area contributed by atoms with Crippen LogP contribution in [0.1, 0.15) is 24.5 Å². The Bertz CT molecular complexity index is 658. The van der Waals surface area contributed by atoms with Gasteiger partial charge in [-0.25, -0.2) is 4.79 Å². The highest BCUT2D eigenvalue weighted by Gasteiger charge is 2.08. The van der Waals surface area contributed by atoms with Gasteiger partial charge in [0.05, 0.1) is 6.61 Å². The first-order valence-corrected chi connectivity index (χ1v) is 7.41. The fourth-order valence-corrected chi connectivity index (χ4v) is 2.16. The number of benzene rings is 2. The van der Waals surface area contributed by atoms with Crippen LogP contribution in [0.5, 0.6) is 5.75 Å². The number of halogens is 1. The lowest BCUT2D eigenvalue weighted by atomic mass is 9.97. The molecule has 0 unspecified atom stereocenters. The number of carbonyl (C=O) groups is 1. The zero-order valence-corrected chi connectivity index (χ0v) is 13.0. The normalized spacial score (nSPS) is 11.3. The van der Waals surface area contributed by atoms with Gasteiger partial charge in [-0.2, -0.15) is 0 Å². The van der Waals surface area contributed by atoms with Crippen molar-refractivity contribution >= 4 is 23.1 Å². The van der Waals surface area contributed by atoms with E-state index >= 15 is 0 Å². The summed E-state index contributed by atoms with van der Waals surface area (Å²) in [5.74, 6) is -0.215. The van der Waals surface area contributed by atoms with Crippen LogP contribution < -0.4 is 4.74 Å². The Hall–Kier alpha value is -2.26. The Morgan fingerprint density at radius 3 is 2.14 bits per heavy atom. The van der Waals surface area contributed by atoms with E-state index in [2.05, 4.69) is 0 Å². The fraction of sp³-hybridized carbons (Fsp3) is 0.167. The second-order valence-corrected chi connectivity index (χ2v) is 5.21. The summed E-state index contributed by atoms with van der Waals surface area (Å²) in [7, 11) is 0. The molecular formula is C18H17ClO3. The quantitative estimate of drug-likeness (QED) is 0.789. The van der Waals surface area contributed by atoms with Crippen LogP contribution in [-0.4, -0.2) is 17.7 Å². The van der Waals surface area contributed by atoms with Crippen LogP contribution in [0.3, 0.4) is 0 Å². The lowest BCUT2D eigenvalue weighted by Gasteiger charge is -2.10. The first-order valence-electron chi connectivity index (χ1n) is 7.04. The van der Waals surface area contributed by atoms with Crippen LogP contribution >= 0.6 is 11.6 Å². The Kier molecular flexibility index (Phi) is 5.61. The molecule has 0 saturated carbocycles. The Labute approximate surface area is 134 Å². The van der Waals surface area contributed by atoms with Gasteiger partial charge in [0.25, 0.3) is 0 Å². The van der Waals surface area contributed by atoms with Crippen molar-refractivity contribution in [2.24, 2.45) is 0 Å². The predicted octanol–water partition coefficient (Wildman–Crippen LogP) is 4.65. The zero-order chi connectivity index (χ0) is 15.9. The topological polar surface area (TPSA) is 46.5 Å². The molecule has 3 nitrogen and oxygen atoms in total. The molecular weight excluding hydrogens is 300 g/mol. The van der Waals surface area contributed by atoms with Gasteiger partial charge in [-0.3, -0.25) is 0 Å². The minimum Gasteiger partial charge on any atom is -0.494 e. The number of aliphatic carboxylic acids is 1. The fourth-order valence-electron chi connectivity index (χ4n) is 2.04. The standard InChI is InChI=1S/C18H17ClO3/c1-2-11-22-16-9-5-14(6-10-16)17(12-18(20)21)13-3-7-15(19)8-4-13/h3-10,12H,2,11H2,1H3,(H,20,21)/b17-12-. The van der Waals surface area contributed by atoms with Crippen LogP contribution in [0.15, 0.2) is 54.6 Å². The monoisotopic (exact) mass is 316 g/mol. The van der Waals surface area contributed by atoms with E-state index in [1.165, 1.54) is 6.08 Å². The molecule has 0 atom stereocenters. The van der Waals surface area contributed by atoms with E-state index in [0.29, 0.717) is 17.2 Å². The van der Waals surface area contributed by atoms with E-state index in [1.807, 2.05) is 31.2 Å². The molecule has 2 rings (SSSR count). The maximum Gasteiger partial charge on any atom is 0.328 e. The van der Waals surface area contributed by atoms with Crippen molar-refractivity contribution in [1.29, 1.82) is 0 Å². The van der Waals surface area contributed by atoms with Gasteiger partial charge in [0.2, 0.25) is 0 Å². The second kappa shape index (κ2) is 7.66. The van der Waals surface area contributed by atoms with Gasteiger partial charge in [-0.05, 0) is 47.4 Å². The van der Waals surface area contributed by atoms with E-state index in [-0.39, 0.29) is 0 Å². The van der Waals surface area contributed by atoms with E-state index in [4.69, 9.17) is 21.4 Å². The number of hydrogen-bond acceptors (Lipinski definition) is 2. The Morgan fingerprint density at radius 2 is 1.64 bits per heavy atom. The Morgan fingerprint density at radius 1 is 1.09 bits per heavy atom. The summed E-state index contributed by atoms with van der Waals surface area (Å²) in [6.07, 6.45) is 2.14. The van der Waals surface area contributed by atoms with Crippen LogP contribution in [0.25, 0.3) is 5.57 Å². The average Bonchev–Trinajstić information content (AvgIpc) is 2.52. The highest BCUT2D eigenvalue weighted by atomic mass is 35.5. The number of carboxylic acids is 1. The molecule has 0 aliphatic heterocycles. The molecule has 0 aromatic heterocycles. The molecule has 2 aromatic carbocycles. The third-order valence-electron chi connectivity index (χ3n) is 3.06. The minimum absolute atomic E-state index is 0.613. The number of carboxylic acid groups (broad SMARTS) is 1. The molecule has 0 bridgehead atoms. The lowest BCUT2D eigenvalue weighted by molar-refractivity contribution is -0.131. The minimum atomic E-state index is -0.990. The molecule has 0 heterocycles. The van der Waals surface area contributed by atoms with Gasteiger partial charge in [-0.1, -0.05) is 42.8 Å². The van der Waals surface area contributed by atoms with Crippen LogP contribution in [0.4, 0.5) is 0 Å². The smallest absolute Gasteiger partial charge is 0.328 e. The van der Waals surface area contributed by atoms with Crippen molar-refractivity contribution in [1.82, 2.24) is 0 Å². The third kappa shape index (κ3) is 4.37. The molecule has 114 valence electrons. The molecule has 0 aliphatic carbocycles. The van der Waals surface area contributed by atoms with Gasteiger partial charge < -0.3 is 9.84 Å². The summed E-state index contributed by atoms with van der Waals surface area (Å²) in [5, 5.41) is 9.72. The first-order chi connectivity index (χ1) is 10.6. The summed E-state index contributed by atoms with van der Waals surface area (Å²) in [6.45, 7) is 2.71. The molecule has 0 aliphatic rings. The number of ether oxygens (including phenoxy) is 1. The van der Waals surface area contributed by atoms with Crippen LogP contribution in [0, 0.1) is 0 Å². The summed E-state index contributed by atoms with van der Waals surface area (Å²) in [4.78, 5) is 11.1. The van der Waals surface area contributed by atoms with Crippen molar-refractivity contribution in [3.05, 3.63) is 70.8 Å². The zero-order valence-electron chi connectivity index (χ0n) is 12.3. The van der Waals surface area contributed by atoms with E-state index in [9.17, 15) is 4.79 Å². The molecule has 0 spiro atoms. The van der Waals surface area contributed by atoms with Crippen LogP contribution in [-0.2, 0) is 4.79 Å². The van der Waals surface area contributed by atoms with E-state index in [0.717, 1.165) is 23.3 Å². The molecule has 1 N–H and O–H groups in total. The second-order valence-electron chi connectivity index (χ2n) is 4.78. The van der Waals surface area contributed by atoms with E-state index < -0.39 is 5.97 Å². The Balaban J connectivity index is 2.34. The average molecular weight is 317 g/mol. The van der Waals surface area contributed by atoms with Crippen molar-refractivity contribution in [2.45, 2.75) is 13.3 Å². The highest BCUT2D eigenvalue weighted by Crippen LogP contribution is 2.26. The number of hydrogen-bond donors (Lipinski definition) is 1. The molecule has 2 aromatic rings. The molecule has 0 fully saturated rings. The maximum atomic E-state index is 11.1. The number of rotatable bonds is 6. The van der Waals surface area contributed by atoms with Gasteiger partial charge >= 0.3 is 5.97 Å². The van der Waals surface area contributed by atoms with E-state index in [1.54, 1.807) is 24.3 Å². The van der Waals surface area contributed by atoms with Gasteiger partial charge in [-0.15, -0.1) is 0 Å². The highest BCUT2D eigenvalue weighted by molar-refractivity contribution is 6.30. The summed E-state index contributed by atoms with van der Waals surface area (Å²) in [6, 6.07) is 14.5. The predicted molar refractivity (Wildman–Crippen MR) is 88.4 cm³/mol. The largest absolute Gasteiger partial charge is 0.494 e. The summed E-state index contributed by atoms with van der Waals surface area (Å²) in [5.41, 5.74) is 2.24. The SMILES string of the molecule is CCCOc1ccc(/C(=C\C(=O)O)c2ccc(Cl)cc2)cc1. The molecule has 0 saturated heterocycles. The summed E-state index contributed by atoms with van der Waals surface area (Å²) >= 11 is 5.89. The molecule has 22 heavy (non-hydrogen) atoms. The molecule has 0 amide bonds. The summed E-state index contributed by atoms with van der Waals surface area (Å²) < 4.78 is 5.54. The first kappa shape index (κ1) is 16.1. The molecule has 0 radical (unpaired) electrons. The van der Waals surface area contributed by atoms with Gasteiger partial charge in [0.1, 0.15) is 5.75 Å². The van der Waals surface area contributed by atoms with Gasteiger partial charge in [0, 0.05) is 11.1 Å². The molecule has 4 heteroatoms.